The van der Waals surface area contributed by atoms with E-state index >= 15 is 0 Å². The van der Waals surface area contributed by atoms with Gasteiger partial charge >= 0.3 is 0 Å². The maximum absolute atomic E-state index is 13.2. The van der Waals surface area contributed by atoms with Crippen LogP contribution in [0, 0.1) is 0 Å². The number of carbonyl (C=O) groups is 4. The fraction of sp³-hybridized carbons (Fsp3) is 0.524. The van der Waals surface area contributed by atoms with Crippen LogP contribution in [-0.2, 0) is 16.1 Å². The van der Waals surface area contributed by atoms with E-state index in [1.807, 2.05) is 20.2 Å². The number of nitrogens with one attached hydrogen (secondary N) is 1. The number of carbonyl (C=O) groups excluding carboxylic acids is 4. The number of piperidine rings is 1. The zero-order chi connectivity index (χ0) is 21.8. The Morgan fingerprint density at radius 3 is 2.53 bits per heavy atom. The van der Waals surface area contributed by atoms with Gasteiger partial charge in [0, 0.05) is 26.1 Å². The Labute approximate surface area is 176 Å². The fourth-order valence-electron chi connectivity index (χ4n) is 4.02. The van der Waals surface area contributed by atoms with Crippen LogP contribution in [0.1, 0.15) is 45.5 Å². The Kier molecular flexibility index (Phi) is 6.96. The van der Waals surface area contributed by atoms with E-state index in [9.17, 15) is 19.2 Å². The summed E-state index contributed by atoms with van der Waals surface area (Å²) in [5.41, 5.74) is 7.18. The lowest BCUT2D eigenvalue weighted by atomic mass is 10.0. The molecule has 162 valence electrons. The van der Waals surface area contributed by atoms with Crippen LogP contribution >= 0.6 is 0 Å². The van der Waals surface area contributed by atoms with Crippen LogP contribution in [0.25, 0.3) is 0 Å². The zero-order valence-electron chi connectivity index (χ0n) is 17.5. The first-order valence-electron chi connectivity index (χ1n) is 10.2. The average Bonchev–Trinajstić information content (AvgIpc) is 2.93. The van der Waals surface area contributed by atoms with E-state index < -0.39 is 23.8 Å². The molecule has 2 heterocycles. The molecule has 0 spiro atoms. The molecule has 0 aromatic heterocycles. The summed E-state index contributed by atoms with van der Waals surface area (Å²) in [5.74, 6) is -1.94. The maximum atomic E-state index is 13.2. The first-order valence-corrected chi connectivity index (χ1v) is 10.2. The SMILES string of the molecule is CN(C)CCCN(CCN)Cc1cccc2c1C(=O)N(C1CCC(=O)NC1=O)C2=O. The third-order valence-corrected chi connectivity index (χ3v) is 5.47. The van der Waals surface area contributed by atoms with Crippen molar-refractivity contribution in [3.8, 4) is 0 Å². The van der Waals surface area contributed by atoms with Crippen molar-refractivity contribution in [1.82, 2.24) is 20.0 Å². The molecule has 9 nitrogen and oxygen atoms in total. The lowest BCUT2D eigenvalue weighted by molar-refractivity contribution is -0.136. The smallest absolute Gasteiger partial charge is 0.262 e. The Bertz CT molecular complexity index is 854. The van der Waals surface area contributed by atoms with Gasteiger partial charge < -0.3 is 10.6 Å². The number of nitrogens with zero attached hydrogens (tertiary/aromatic N) is 3. The number of rotatable bonds is 9. The third kappa shape index (κ3) is 4.58. The Morgan fingerprint density at radius 2 is 1.87 bits per heavy atom. The van der Waals surface area contributed by atoms with Gasteiger partial charge in [0.2, 0.25) is 11.8 Å². The molecule has 2 aliphatic heterocycles. The largest absolute Gasteiger partial charge is 0.329 e. The molecule has 1 aromatic rings. The van der Waals surface area contributed by atoms with Crippen molar-refractivity contribution in [1.29, 1.82) is 0 Å². The molecule has 1 fully saturated rings. The summed E-state index contributed by atoms with van der Waals surface area (Å²) >= 11 is 0. The maximum Gasteiger partial charge on any atom is 0.262 e. The van der Waals surface area contributed by atoms with Gasteiger partial charge in [-0.3, -0.25) is 34.3 Å². The predicted octanol–water partition coefficient (Wildman–Crippen LogP) is -0.200. The van der Waals surface area contributed by atoms with Crippen LogP contribution in [0.3, 0.4) is 0 Å². The van der Waals surface area contributed by atoms with Crippen LogP contribution in [0.2, 0.25) is 0 Å². The summed E-state index contributed by atoms with van der Waals surface area (Å²) < 4.78 is 0. The molecule has 0 aliphatic carbocycles. The van der Waals surface area contributed by atoms with E-state index in [-0.39, 0.29) is 18.7 Å². The van der Waals surface area contributed by atoms with Gasteiger partial charge in [-0.15, -0.1) is 0 Å². The summed E-state index contributed by atoms with van der Waals surface area (Å²) in [4.78, 5) is 55.1. The monoisotopic (exact) mass is 415 g/mol. The Hall–Kier alpha value is -2.62. The lowest BCUT2D eigenvalue weighted by Crippen LogP contribution is -2.54. The summed E-state index contributed by atoms with van der Waals surface area (Å²) in [6.07, 6.45) is 1.21. The highest BCUT2D eigenvalue weighted by atomic mass is 16.2. The third-order valence-electron chi connectivity index (χ3n) is 5.47. The number of hydrogen-bond donors (Lipinski definition) is 2. The van der Waals surface area contributed by atoms with Crippen molar-refractivity contribution in [3.63, 3.8) is 0 Å². The number of hydrogen-bond acceptors (Lipinski definition) is 7. The second-order valence-electron chi connectivity index (χ2n) is 8.01. The molecule has 1 atom stereocenters. The van der Waals surface area contributed by atoms with Crippen LogP contribution in [0.4, 0.5) is 0 Å². The van der Waals surface area contributed by atoms with Crippen molar-refractivity contribution >= 4 is 23.6 Å². The molecular formula is C21H29N5O4. The van der Waals surface area contributed by atoms with E-state index in [1.165, 1.54) is 0 Å². The van der Waals surface area contributed by atoms with Crippen molar-refractivity contribution in [3.05, 3.63) is 34.9 Å². The number of imide groups is 2. The molecule has 1 unspecified atom stereocenters. The van der Waals surface area contributed by atoms with Gasteiger partial charge in [0.1, 0.15) is 6.04 Å². The van der Waals surface area contributed by atoms with Gasteiger partial charge in [0.15, 0.2) is 0 Å². The molecule has 0 saturated carbocycles. The Morgan fingerprint density at radius 1 is 1.10 bits per heavy atom. The first kappa shape index (κ1) is 22.1. The van der Waals surface area contributed by atoms with Gasteiger partial charge in [-0.05, 0) is 51.7 Å². The molecule has 2 aliphatic rings. The first-order chi connectivity index (χ1) is 14.3. The van der Waals surface area contributed by atoms with Crippen molar-refractivity contribution < 1.29 is 19.2 Å². The van der Waals surface area contributed by atoms with E-state index in [0.717, 1.165) is 30.0 Å². The van der Waals surface area contributed by atoms with Gasteiger partial charge in [0.25, 0.3) is 11.8 Å². The normalized spacial score (nSPS) is 19.1. The number of nitrogens with two attached hydrogens (primary N) is 1. The molecule has 0 radical (unpaired) electrons. The van der Waals surface area contributed by atoms with Crippen LogP contribution in [-0.4, -0.2) is 84.6 Å². The van der Waals surface area contributed by atoms with E-state index in [4.69, 9.17) is 5.73 Å². The van der Waals surface area contributed by atoms with E-state index in [1.54, 1.807) is 12.1 Å². The molecule has 1 aromatic carbocycles. The van der Waals surface area contributed by atoms with E-state index in [2.05, 4.69) is 15.1 Å². The fourth-order valence-corrected chi connectivity index (χ4v) is 4.02. The summed E-state index contributed by atoms with van der Waals surface area (Å²) in [6.45, 7) is 3.42. The summed E-state index contributed by atoms with van der Waals surface area (Å²) in [5, 5.41) is 2.22. The minimum absolute atomic E-state index is 0.104. The number of fused-ring (bicyclic) bond motifs is 1. The molecule has 30 heavy (non-hydrogen) atoms. The van der Waals surface area contributed by atoms with E-state index in [0.29, 0.717) is 30.8 Å². The molecule has 3 N–H and O–H groups in total. The van der Waals surface area contributed by atoms with Crippen molar-refractivity contribution in [2.24, 2.45) is 5.73 Å². The number of amides is 4. The highest BCUT2D eigenvalue weighted by Gasteiger charge is 2.45. The minimum Gasteiger partial charge on any atom is -0.329 e. The minimum atomic E-state index is -0.955. The molecule has 9 heteroatoms. The second kappa shape index (κ2) is 9.46. The molecule has 4 amide bonds. The highest BCUT2D eigenvalue weighted by Crippen LogP contribution is 2.30. The van der Waals surface area contributed by atoms with Crippen LogP contribution in [0.15, 0.2) is 18.2 Å². The van der Waals surface area contributed by atoms with Gasteiger partial charge in [-0.2, -0.15) is 0 Å². The molecular weight excluding hydrogens is 386 g/mol. The lowest BCUT2D eigenvalue weighted by Gasteiger charge is -2.28. The second-order valence-corrected chi connectivity index (χ2v) is 8.01. The molecule has 1 saturated heterocycles. The van der Waals surface area contributed by atoms with Crippen molar-refractivity contribution in [2.45, 2.75) is 31.8 Å². The Balaban J connectivity index is 1.82. The van der Waals surface area contributed by atoms with Crippen molar-refractivity contribution in [2.75, 3.05) is 40.3 Å². The van der Waals surface area contributed by atoms with Gasteiger partial charge in [-0.1, -0.05) is 12.1 Å². The van der Waals surface area contributed by atoms with Crippen LogP contribution < -0.4 is 11.1 Å². The average molecular weight is 415 g/mol. The summed E-state index contributed by atoms with van der Waals surface area (Å²) in [7, 11) is 4.04. The van der Waals surface area contributed by atoms with Gasteiger partial charge in [0.05, 0.1) is 11.1 Å². The predicted molar refractivity (Wildman–Crippen MR) is 111 cm³/mol. The summed E-state index contributed by atoms with van der Waals surface area (Å²) in [6, 6.07) is 4.26. The zero-order valence-corrected chi connectivity index (χ0v) is 17.5. The van der Waals surface area contributed by atoms with Gasteiger partial charge in [-0.25, -0.2) is 0 Å². The number of benzene rings is 1. The molecule has 0 bridgehead atoms. The quantitative estimate of drug-likeness (QED) is 0.537. The molecule has 3 rings (SSSR count). The topological polar surface area (TPSA) is 116 Å². The highest BCUT2D eigenvalue weighted by molar-refractivity contribution is 6.24. The van der Waals surface area contributed by atoms with Crippen LogP contribution in [0.5, 0.6) is 0 Å². The standard InChI is InChI=1S/C21H29N5O4/c1-24(2)10-4-11-25(12-9-22)13-14-5-3-6-15-18(14)21(30)26(20(15)29)16-7-8-17(27)23-19(16)28/h3,5-6,16H,4,7-13,22H2,1-2H3,(H,23,27,28).